The molecule has 146 valence electrons. The molecule has 25 heavy (non-hydrogen) atoms. The summed E-state index contributed by atoms with van der Waals surface area (Å²) < 4.78 is 37.4. The normalized spacial score (nSPS) is 17.8. The second-order valence-corrected chi connectivity index (χ2v) is 8.91. The van der Waals surface area contributed by atoms with Gasteiger partial charge in [0.05, 0.1) is 17.9 Å². The molecule has 0 aromatic heterocycles. The Hall–Kier alpha value is -1.24. The SMILES string of the molecule is CC(C)S(=O)(=O)N1CCCCC1.CC(F)CC(C#N)N(C)C(=O)CN. The van der Waals surface area contributed by atoms with Gasteiger partial charge in [0, 0.05) is 26.6 Å². The third kappa shape index (κ3) is 8.12. The van der Waals surface area contributed by atoms with Gasteiger partial charge in [-0.1, -0.05) is 6.42 Å². The van der Waals surface area contributed by atoms with Crippen LogP contribution in [0.3, 0.4) is 0 Å². The van der Waals surface area contributed by atoms with Crippen LogP contribution in [0.2, 0.25) is 0 Å². The van der Waals surface area contributed by atoms with Gasteiger partial charge in [-0.25, -0.2) is 17.1 Å². The highest BCUT2D eigenvalue weighted by atomic mass is 32.2. The quantitative estimate of drug-likeness (QED) is 0.748. The van der Waals surface area contributed by atoms with Crippen LogP contribution in [0.1, 0.15) is 46.5 Å². The number of amides is 1. The number of alkyl halides is 1. The van der Waals surface area contributed by atoms with Gasteiger partial charge in [0.25, 0.3) is 0 Å². The molecule has 0 radical (unpaired) electrons. The smallest absolute Gasteiger partial charge is 0.237 e. The molecule has 0 spiro atoms. The summed E-state index contributed by atoms with van der Waals surface area (Å²) in [5, 5.41) is 8.37. The molecule has 0 aromatic rings. The van der Waals surface area contributed by atoms with E-state index in [-0.39, 0.29) is 24.1 Å². The molecular formula is C16H31FN4O3S. The van der Waals surface area contributed by atoms with Crippen molar-refractivity contribution in [2.45, 2.75) is 63.9 Å². The average molecular weight is 379 g/mol. The molecule has 1 fully saturated rings. The molecule has 0 aliphatic carbocycles. The monoisotopic (exact) mass is 378 g/mol. The molecule has 1 rings (SSSR count). The van der Waals surface area contributed by atoms with E-state index in [2.05, 4.69) is 0 Å². The zero-order chi connectivity index (χ0) is 19.6. The summed E-state index contributed by atoms with van der Waals surface area (Å²) in [5.41, 5.74) is 5.10. The molecule has 1 aliphatic rings. The van der Waals surface area contributed by atoms with Crippen molar-refractivity contribution in [3.8, 4) is 6.07 Å². The van der Waals surface area contributed by atoms with Gasteiger partial charge < -0.3 is 10.6 Å². The second-order valence-electron chi connectivity index (χ2n) is 6.42. The Morgan fingerprint density at radius 3 is 2.16 bits per heavy atom. The Morgan fingerprint density at radius 1 is 1.28 bits per heavy atom. The molecule has 1 heterocycles. The number of halogens is 1. The topological polar surface area (TPSA) is 107 Å². The standard InChI is InChI=1S/C8H14FN3O.C8H17NO2S/c1-6(9)3-7(4-10)12(2)8(13)5-11;1-8(2)12(10,11)9-6-4-3-5-7-9/h6-7H,3,5,11H2,1-2H3;8H,3-7H2,1-2H3. The van der Waals surface area contributed by atoms with Crippen LogP contribution >= 0.6 is 0 Å². The lowest BCUT2D eigenvalue weighted by molar-refractivity contribution is -0.129. The van der Waals surface area contributed by atoms with Crippen molar-refractivity contribution in [3.63, 3.8) is 0 Å². The third-order valence-electron chi connectivity index (χ3n) is 4.00. The molecule has 0 bridgehead atoms. The zero-order valence-corrected chi connectivity index (χ0v) is 16.4. The summed E-state index contributed by atoms with van der Waals surface area (Å²) in [6, 6.07) is 1.13. The maximum Gasteiger partial charge on any atom is 0.237 e. The van der Waals surface area contributed by atoms with Gasteiger partial charge in [-0.15, -0.1) is 0 Å². The highest BCUT2D eigenvalue weighted by molar-refractivity contribution is 7.89. The first-order chi connectivity index (χ1) is 11.6. The number of hydrogen-bond donors (Lipinski definition) is 1. The van der Waals surface area contributed by atoms with Crippen molar-refractivity contribution >= 4 is 15.9 Å². The molecular weight excluding hydrogens is 347 g/mol. The van der Waals surface area contributed by atoms with Crippen molar-refractivity contribution < 1.29 is 17.6 Å². The Balaban J connectivity index is 0.000000462. The molecule has 1 amide bonds. The highest BCUT2D eigenvalue weighted by Gasteiger charge is 2.26. The fourth-order valence-electron chi connectivity index (χ4n) is 2.34. The van der Waals surface area contributed by atoms with Gasteiger partial charge in [0.2, 0.25) is 15.9 Å². The van der Waals surface area contributed by atoms with Gasteiger partial charge in [-0.2, -0.15) is 5.26 Å². The van der Waals surface area contributed by atoms with E-state index in [1.54, 1.807) is 18.2 Å². The first-order valence-corrected chi connectivity index (χ1v) is 10.1. The largest absolute Gasteiger partial charge is 0.329 e. The molecule has 1 aliphatic heterocycles. The van der Waals surface area contributed by atoms with Crippen LogP contribution in [-0.4, -0.2) is 67.7 Å². The van der Waals surface area contributed by atoms with E-state index in [9.17, 15) is 17.6 Å². The fourth-order valence-corrected chi connectivity index (χ4v) is 3.70. The van der Waals surface area contributed by atoms with Gasteiger partial charge in [-0.05, 0) is 33.6 Å². The van der Waals surface area contributed by atoms with E-state index in [1.165, 1.54) is 25.3 Å². The lowest BCUT2D eigenvalue weighted by Gasteiger charge is -2.27. The van der Waals surface area contributed by atoms with Crippen LogP contribution in [0.4, 0.5) is 4.39 Å². The Labute approximate surface area is 151 Å². The Kier molecular flexibility index (Phi) is 10.8. The van der Waals surface area contributed by atoms with Crippen LogP contribution in [0.5, 0.6) is 0 Å². The number of nitriles is 1. The number of hydrogen-bond acceptors (Lipinski definition) is 5. The molecule has 2 atom stereocenters. The zero-order valence-electron chi connectivity index (χ0n) is 15.6. The minimum Gasteiger partial charge on any atom is -0.329 e. The van der Waals surface area contributed by atoms with Crippen molar-refractivity contribution in [1.82, 2.24) is 9.21 Å². The van der Waals surface area contributed by atoms with Gasteiger partial charge in [-0.3, -0.25) is 4.79 Å². The number of carbonyl (C=O) groups excluding carboxylic acids is 1. The first kappa shape index (κ1) is 23.8. The van der Waals surface area contributed by atoms with Gasteiger partial charge in [0.15, 0.2) is 0 Å². The average Bonchev–Trinajstić information content (AvgIpc) is 2.59. The van der Waals surface area contributed by atoms with Crippen LogP contribution in [-0.2, 0) is 14.8 Å². The number of rotatable bonds is 6. The Morgan fingerprint density at radius 2 is 1.80 bits per heavy atom. The maximum atomic E-state index is 12.5. The van der Waals surface area contributed by atoms with E-state index in [0.29, 0.717) is 0 Å². The summed E-state index contributed by atoms with van der Waals surface area (Å²) in [4.78, 5) is 12.2. The Bertz CT molecular complexity index is 540. The summed E-state index contributed by atoms with van der Waals surface area (Å²) >= 11 is 0. The number of nitrogens with zero attached hydrogens (tertiary/aromatic N) is 3. The molecule has 0 saturated carbocycles. The first-order valence-electron chi connectivity index (χ1n) is 8.56. The number of piperidine rings is 1. The van der Waals surface area contributed by atoms with Crippen molar-refractivity contribution in [3.05, 3.63) is 0 Å². The summed E-state index contributed by atoms with van der Waals surface area (Å²) in [6.07, 6.45) is 2.14. The predicted molar refractivity (Wildman–Crippen MR) is 95.9 cm³/mol. The maximum absolute atomic E-state index is 12.5. The van der Waals surface area contributed by atoms with Gasteiger partial charge in [0.1, 0.15) is 12.2 Å². The molecule has 1 saturated heterocycles. The van der Waals surface area contributed by atoms with Gasteiger partial charge >= 0.3 is 0 Å². The van der Waals surface area contributed by atoms with Crippen molar-refractivity contribution in [1.29, 1.82) is 5.26 Å². The molecule has 9 heteroatoms. The number of nitrogens with two attached hydrogens (primary N) is 1. The summed E-state index contributed by atoms with van der Waals surface area (Å²) in [5.74, 6) is -0.354. The van der Waals surface area contributed by atoms with E-state index < -0.39 is 22.2 Å². The summed E-state index contributed by atoms with van der Waals surface area (Å²) in [7, 11) is -1.52. The molecule has 7 nitrogen and oxygen atoms in total. The minimum absolute atomic E-state index is 0.0265. The minimum atomic E-state index is -2.97. The van der Waals surface area contributed by atoms with Crippen LogP contribution in [0.15, 0.2) is 0 Å². The van der Waals surface area contributed by atoms with Crippen LogP contribution < -0.4 is 5.73 Å². The molecule has 0 aromatic carbocycles. The lowest BCUT2D eigenvalue weighted by atomic mass is 10.1. The van der Waals surface area contributed by atoms with E-state index in [4.69, 9.17) is 11.0 Å². The lowest BCUT2D eigenvalue weighted by Crippen LogP contribution is -2.40. The molecule has 2 N–H and O–H groups in total. The fraction of sp³-hybridized carbons (Fsp3) is 0.875. The molecule has 2 unspecified atom stereocenters. The number of carbonyl (C=O) groups is 1. The summed E-state index contributed by atoms with van der Waals surface area (Å²) in [6.45, 7) is 6.12. The number of sulfonamides is 1. The van der Waals surface area contributed by atoms with Crippen LogP contribution in [0, 0.1) is 11.3 Å². The van der Waals surface area contributed by atoms with E-state index in [0.717, 1.165) is 25.9 Å². The van der Waals surface area contributed by atoms with Crippen molar-refractivity contribution in [2.24, 2.45) is 5.73 Å². The predicted octanol–water partition coefficient (Wildman–Crippen LogP) is 1.25. The second kappa shape index (κ2) is 11.4. The number of likely N-dealkylation sites (N-methyl/N-ethyl adjacent to an activating group) is 1. The van der Waals surface area contributed by atoms with E-state index >= 15 is 0 Å². The van der Waals surface area contributed by atoms with E-state index in [1.807, 2.05) is 6.07 Å². The van der Waals surface area contributed by atoms with Crippen LogP contribution in [0.25, 0.3) is 0 Å². The van der Waals surface area contributed by atoms with Crippen molar-refractivity contribution in [2.75, 3.05) is 26.7 Å². The third-order valence-corrected chi connectivity index (χ3v) is 6.28. The highest BCUT2D eigenvalue weighted by Crippen LogP contribution is 2.16.